The van der Waals surface area contributed by atoms with E-state index < -0.39 is 0 Å². The topological polar surface area (TPSA) is 23.9 Å². The standard InChI is InChI=1S/C10H12BN/c1-2-3-10(12)8-4-6-9(11)7-5-8/h4-7,12H,2-3H2,1H3. The van der Waals surface area contributed by atoms with E-state index in [9.17, 15) is 0 Å². The van der Waals surface area contributed by atoms with E-state index in [0.717, 1.165) is 23.9 Å². The predicted octanol–water partition coefficient (Wildman–Crippen LogP) is 1.65. The Morgan fingerprint density at radius 2 is 1.92 bits per heavy atom. The second kappa shape index (κ2) is 4.10. The molecule has 12 heavy (non-hydrogen) atoms. The number of hydrogen-bond donors (Lipinski definition) is 1. The number of nitrogens with one attached hydrogen (secondary N) is 1. The van der Waals surface area contributed by atoms with E-state index >= 15 is 0 Å². The molecule has 1 rings (SSSR count). The summed E-state index contributed by atoms with van der Waals surface area (Å²) in [6, 6.07) is 7.46. The van der Waals surface area contributed by atoms with E-state index in [0.29, 0.717) is 5.71 Å². The molecule has 0 saturated heterocycles. The van der Waals surface area contributed by atoms with Gasteiger partial charge >= 0.3 is 0 Å². The molecule has 60 valence electrons. The van der Waals surface area contributed by atoms with Gasteiger partial charge in [-0.3, -0.25) is 0 Å². The van der Waals surface area contributed by atoms with Crippen LogP contribution in [0.2, 0.25) is 0 Å². The Morgan fingerprint density at radius 3 is 2.42 bits per heavy atom. The quantitative estimate of drug-likeness (QED) is 0.509. The molecule has 1 N–H and O–H groups in total. The minimum atomic E-state index is 0.692. The molecule has 0 heterocycles. The molecular weight excluding hydrogens is 145 g/mol. The van der Waals surface area contributed by atoms with Gasteiger partial charge in [-0.25, -0.2) is 0 Å². The molecule has 0 spiro atoms. The maximum absolute atomic E-state index is 7.66. The largest absolute Gasteiger partial charge is 0.305 e. The maximum atomic E-state index is 7.66. The molecule has 0 aliphatic rings. The number of rotatable bonds is 3. The van der Waals surface area contributed by atoms with Crippen molar-refractivity contribution >= 4 is 19.0 Å². The molecule has 0 bridgehead atoms. The highest BCUT2D eigenvalue weighted by Crippen LogP contribution is 2.02. The third kappa shape index (κ3) is 2.23. The molecule has 2 radical (unpaired) electrons. The van der Waals surface area contributed by atoms with Crippen LogP contribution in [0.15, 0.2) is 24.3 Å². The van der Waals surface area contributed by atoms with E-state index in [2.05, 4.69) is 6.92 Å². The van der Waals surface area contributed by atoms with Crippen LogP contribution in [-0.2, 0) is 0 Å². The van der Waals surface area contributed by atoms with Gasteiger partial charge in [0, 0.05) is 5.71 Å². The maximum Gasteiger partial charge on any atom is 0.113 e. The lowest BCUT2D eigenvalue weighted by Crippen LogP contribution is -2.04. The zero-order chi connectivity index (χ0) is 8.97. The monoisotopic (exact) mass is 157 g/mol. The first-order valence-corrected chi connectivity index (χ1v) is 4.17. The average molecular weight is 157 g/mol. The first-order chi connectivity index (χ1) is 5.74. The molecular formula is C10H12BN. The fourth-order valence-corrected chi connectivity index (χ4v) is 1.08. The summed E-state index contributed by atoms with van der Waals surface area (Å²) in [6.45, 7) is 2.08. The SMILES string of the molecule is [B]c1ccc(C(=N)CCC)cc1. The van der Waals surface area contributed by atoms with Crippen molar-refractivity contribution in [2.24, 2.45) is 0 Å². The number of hydrogen-bond acceptors (Lipinski definition) is 1. The molecule has 0 saturated carbocycles. The Hall–Kier alpha value is -1.05. The minimum absolute atomic E-state index is 0.692. The molecule has 0 aromatic heterocycles. The third-order valence-electron chi connectivity index (χ3n) is 1.76. The highest BCUT2D eigenvalue weighted by molar-refractivity contribution is 6.32. The van der Waals surface area contributed by atoms with Gasteiger partial charge in [0.05, 0.1) is 0 Å². The van der Waals surface area contributed by atoms with Crippen LogP contribution in [0.3, 0.4) is 0 Å². The van der Waals surface area contributed by atoms with Gasteiger partial charge in [0.2, 0.25) is 0 Å². The Bertz CT molecular complexity index is 264. The molecule has 0 amide bonds. The average Bonchev–Trinajstić information content (AvgIpc) is 2.06. The molecule has 0 atom stereocenters. The summed E-state index contributed by atoms with van der Waals surface area (Å²) in [6.07, 6.45) is 1.85. The van der Waals surface area contributed by atoms with Crippen molar-refractivity contribution in [3.05, 3.63) is 29.8 Å². The normalized spacial score (nSPS) is 9.75. The van der Waals surface area contributed by atoms with Gasteiger partial charge in [0.1, 0.15) is 7.85 Å². The Kier molecular flexibility index (Phi) is 3.09. The lowest BCUT2D eigenvalue weighted by atomic mass is 9.94. The fourth-order valence-electron chi connectivity index (χ4n) is 1.08. The van der Waals surface area contributed by atoms with Crippen LogP contribution < -0.4 is 5.46 Å². The molecule has 2 heteroatoms. The van der Waals surface area contributed by atoms with E-state index in [1.165, 1.54) is 0 Å². The van der Waals surface area contributed by atoms with Gasteiger partial charge in [0.15, 0.2) is 0 Å². The minimum Gasteiger partial charge on any atom is -0.305 e. The Balaban J connectivity index is 2.75. The second-order valence-electron chi connectivity index (χ2n) is 2.85. The fraction of sp³-hybridized carbons (Fsp3) is 0.300. The molecule has 1 nitrogen and oxygen atoms in total. The number of benzene rings is 1. The van der Waals surface area contributed by atoms with E-state index in [4.69, 9.17) is 13.3 Å². The second-order valence-corrected chi connectivity index (χ2v) is 2.85. The van der Waals surface area contributed by atoms with Gasteiger partial charge in [-0.15, -0.1) is 0 Å². The lowest BCUT2D eigenvalue weighted by molar-refractivity contribution is 0.986. The van der Waals surface area contributed by atoms with Crippen molar-refractivity contribution in [3.8, 4) is 0 Å². The van der Waals surface area contributed by atoms with Crippen LogP contribution in [0.1, 0.15) is 25.3 Å². The van der Waals surface area contributed by atoms with Crippen molar-refractivity contribution < 1.29 is 0 Å². The summed E-state index contributed by atoms with van der Waals surface area (Å²) in [5.41, 5.74) is 2.42. The predicted molar refractivity (Wildman–Crippen MR) is 53.6 cm³/mol. The van der Waals surface area contributed by atoms with Crippen molar-refractivity contribution in [1.82, 2.24) is 0 Å². The van der Waals surface area contributed by atoms with Crippen molar-refractivity contribution in [2.45, 2.75) is 19.8 Å². The highest BCUT2D eigenvalue weighted by atomic mass is 14.4. The van der Waals surface area contributed by atoms with Crippen molar-refractivity contribution in [3.63, 3.8) is 0 Å². The third-order valence-corrected chi connectivity index (χ3v) is 1.76. The summed E-state index contributed by atoms with van der Waals surface area (Å²) in [7, 11) is 5.53. The van der Waals surface area contributed by atoms with Crippen LogP contribution in [-0.4, -0.2) is 13.6 Å². The molecule has 0 aliphatic carbocycles. The summed E-state index contributed by atoms with van der Waals surface area (Å²) in [5, 5.41) is 7.66. The van der Waals surface area contributed by atoms with Crippen LogP contribution >= 0.6 is 0 Å². The van der Waals surface area contributed by atoms with Gasteiger partial charge in [-0.1, -0.05) is 43.1 Å². The summed E-state index contributed by atoms with van der Waals surface area (Å²) < 4.78 is 0. The van der Waals surface area contributed by atoms with Crippen LogP contribution in [0.5, 0.6) is 0 Å². The zero-order valence-electron chi connectivity index (χ0n) is 7.30. The molecule has 1 aromatic rings. The van der Waals surface area contributed by atoms with Crippen molar-refractivity contribution in [2.75, 3.05) is 0 Å². The first-order valence-electron chi connectivity index (χ1n) is 4.17. The van der Waals surface area contributed by atoms with E-state index in [1.54, 1.807) is 0 Å². The van der Waals surface area contributed by atoms with Crippen LogP contribution in [0.4, 0.5) is 0 Å². The van der Waals surface area contributed by atoms with Gasteiger partial charge in [-0.05, 0) is 12.0 Å². The zero-order valence-corrected chi connectivity index (χ0v) is 7.30. The smallest absolute Gasteiger partial charge is 0.113 e. The molecule has 0 aliphatic heterocycles. The summed E-state index contributed by atoms with van der Waals surface area (Å²) in [5.74, 6) is 0. The van der Waals surface area contributed by atoms with Crippen molar-refractivity contribution in [1.29, 1.82) is 5.41 Å². The van der Waals surface area contributed by atoms with E-state index in [1.807, 2.05) is 24.3 Å². The lowest BCUT2D eigenvalue weighted by Gasteiger charge is -2.01. The molecule has 1 aromatic carbocycles. The molecule has 0 unspecified atom stereocenters. The highest BCUT2D eigenvalue weighted by Gasteiger charge is 1.97. The Labute approximate surface area is 74.7 Å². The van der Waals surface area contributed by atoms with Gasteiger partial charge < -0.3 is 5.41 Å². The molecule has 0 fully saturated rings. The first kappa shape index (κ1) is 9.05. The van der Waals surface area contributed by atoms with Crippen LogP contribution in [0.25, 0.3) is 0 Å². The Morgan fingerprint density at radius 1 is 1.33 bits per heavy atom. The van der Waals surface area contributed by atoms with Gasteiger partial charge in [0.25, 0.3) is 0 Å². The van der Waals surface area contributed by atoms with E-state index in [-0.39, 0.29) is 0 Å². The van der Waals surface area contributed by atoms with Crippen LogP contribution in [0, 0.1) is 5.41 Å². The summed E-state index contributed by atoms with van der Waals surface area (Å²) >= 11 is 0. The summed E-state index contributed by atoms with van der Waals surface area (Å²) in [4.78, 5) is 0. The van der Waals surface area contributed by atoms with Gasteiger partial charge in [-0.2, -0.15) is 0 Å².